The van der Waals surface area contributed by atoms with Gasteiger partial charge in [0.15, 0.2) is 23.6 Å². The van der Waals surface area contributed by atoms with Gasteiger partial charge in [-0.15, -0.1) is 0 Å². The molecule has 0 bridgehead atoms. The zero-order chi connectivity index (χ0) is 34.8. The minimum atomic E-state index is -1.53. The van der Waals surface area contributed by atoms with Gasteiger partial charge in [0.2, 0.25) is 6.29 Å². The maximum atomic E-state index is 13.2. The third-order valence-corrected chi connectivity index (χ3v) is 7.56. The maximum absolute atomic E-state index is 13.2. The summed E-state index contributed by atoms with van der Waals surface area (Å²) in [5.74, 6) is -1.38. The Bertz CT molecular complexity index is 1790. The first-order valence-corrected chi connectivity index (χ1v) is 14.6. The highest BCUT2D eigenvalue weighted by Gasteiger charge is 2.53. The molecule has 3 aromatic rings. The summed E-state index contributed by atoms with van der Waals surface area (Å²) < 4.78 is 33.2. The van der Waals surface area contributed by atoms with Crippen LogP contribution < -0.4 is 26.1 Å². The molecule has 1 aromatic heterocycles. The lowest BCUT2D eigenvalue weighted by molar-refractivity contribution is -0.304. The Balaban J connectivity index is 1.64. The summed E-state index contributed by atoms with van der Waals surface area (Å²) in [6, 6.07) is 7.26. The minimum Gasteiger partial charge on any atom is -0.505 e. The lowest BCUT2D eigenvalue weighted by Crippen LogP contribution is -2.65. The Kier molecular flexibility index (Phi) is 10.3. The summed E-state index contributed by atoms with van der Waals surface area (Å²) in [5, 5.41) is 24.5. The molecule has 0 unspecified atom stereocenters. The van der Waals surface area contributed by atoms with Crippen LogP contribution in [-0.4, -0.2) is 65.5 Å². The number of esters is 1. The van der Waals surface area contributed by atoms with Crippen molar-refractivity contribution >= 4 is 34.6 Å². The molecule has 47 heavy (non-hydrogen) atoms. The molecule has 2 amide bonds. The Labute approximate surface area is 270 Å². The number of nitrogens with two attached hydrogens (primary N) is 1. The van der Waals surface area contributed by atoms with Gasteiger partial charge in [-0.05, 0) is 76.9 Å². The predicted octanol–water partition coefficient (Wildman–Crippen LogP) is 3.85. The first kappa shape index (κ1) is 34.9. The van der Waals surface area contributed by atoms with E-state index in [1.165, 1.54) is 44.4 Å². The van der Waals surface area contributed by atoms with Crippen molar-refractivity contribution in [2.75, 3.05) is 12.4 Å². The number of primary amides is 1. The number of methoxy groups -OCH3 is 1. The van der Waals surface area contributed by atoms with Crippen LogP contribution >= 0.6 is 0 Å². The van der Waals surface area contributed by atoms with Gasteiger partial charge < -0.3 is 49.4 Å². The number of hydrogen-bond acceptors (Lipinski definition) is 12. The van der Waals surface area contributed by atoms with E-state index in [9.17, 15) is 29.4 Å². The fourth-order valence-electron chi connectivity index (χ4n) is 5.31. The molecule has 0 saturated carbocycles. The van der Waals surface area contributed by atoms with Gasteiger partial charge in [-0.1, -0.05) is 11.6 Å². The van der Waals surface area contributed by atoms with E-state index in [-0.39, 0.29) is 33.6 Å². The van der Waals surface area contributed by atoms with Crippen LogP contribution in [0.4, 0.5) is 10.5 Å². The highest BCUT2D eigenvalue weighted by molar-refractivity contribution is 6.06. The Morgan fingerprint density at radius 1 is 1.11 bits per heavy atom. The summed E-state index contributed by atoms with van der Waals surface area (Å²) >= 11 is 0. The zero-order valence-electron chi connectivity index (χ0n) is 27.0. The second-order valence-corrected chi connectivity index (χ2v) is 11.8. The minimum absolute atomic E-state index is 0.0537. The van der Waals surface area contributed by atoms with Crippen molar-refractivity contribution in [3.8, 4) is 17.2 Å². The lowest BCUT2D eigenvalue weighted by Gasteiger charge is -2.47. The van der Waals surface area contributed by atoms with Crippen LogP contribution in [0, 0.1) is 6.92 Å². The number of nitrogens with one attached hydrogen (secondary N) is 1. The summed E-state index contributed by atoms with van der Waals surface area (Å²) in [6.07, 6.45) is -3.87. The van der Waals surface area contributed by atoms with Gasteiger partial charge in [0.05, 0.1) is 11.0 Å². The number of benzene rings is 2. The number of aryl methyl sites for hydroxylation is 1. The molecule has 5 N–H and O–H groups in total. The largest absolute Gasteiger partial charge is 0.505 e. The zero-order valence-corrected chi connectivity index (χ0v) is 27.0. The molecule has 252 valence electrons. The maximum Gasteiger partial charge on any atom is 0.404 e. The number of aromatic hydroxyl groups is 1. The quantitative estimate of drug-likeness (QED) is 0.112. The summed E-state index contributed by atoms with van der Waals surface area (Å²) in [7, 11) is 1.37. The van der Waals surface area contributed by atoms with Crippen molar-refractivity contribution in [3.63, 3.8) is 0 Å². The molecule has 2 aromatic carbocycles. The highest BCUT2D eigenvalue weighted by Crippen LogP contribution is 2.38. The van der Waals surface area contributed by atoms with Gasteiger partial charge in [0.1, 0.15) is 23.2 Å². The van der Waals surface area contributed by atoms with E-state index in [0.29, 0.717) is 12.0 Å². The van der Waals surface area contributed by atoms with Crippen LogP contribution in [0.25, 0.3) is 11.0 Å². The van der Waals surface area contributed by atoms with Gasteiger partial charge in [0.25, 0.3) is 5.91 Å². The van der Waals surface area contributed by atoms with Crippen molar-refractivity contribution in [3.05, 3.63) is 69.1 Å². The molecule has 1 aliphatic heterocycles. The third kappa shape index (κ3) is 7.56. The van der Waals surface area contributed by atoms with E-state index in [1.807, 2.05) is 19.9 Å². The molecule has 14 heteroatoms. The van der Waals surface area contributed by atoms with Crippen molar-refractivity contribution < 1.29 is 52.7 Å². The van der Waals surface area contributed by atoms with Crippen LogP contribution in [0.5, 0.6) is 17.2 Å². The Morgan fingerprint density at radius 2 is 1.79 bits per heavy atom. The van der Waals surface area contributed by atoms with E-state index in [0.717, 1.165) is 5.57 Å². The fourth-order valence-corrected chi connectivity index (χ4v) is 5.31. The third-order valence-electron chi connectivity index (χ3n) is 7.56. The van der Waals surface area contributed by atoms with Gasteiger partial charge >= 0.3 is 17.7 Å². The molecular weight excluding hydrogens is 616 g/mol. The van der Waals surface area contributed by atoms with Crippen LogP contribution in [0.2, 0.25) is 0 Å². The molecule has 4 atom stereocenters. The second-order valence-electron chi connectivity index (χ2n) is 11.8. The van der Waals surface area contributed by atoms with E-state index >= 15 is 0 Å². The number of carbonyl (C=O) groups excluding carboxylic acids is 3. The summed E-state index contributed by atoms with van der Waals surface area (Å²) in [5.41, 5.74) is 4.50. The van der Waals surface area contributed by atoms with Crippen LogP contribution in [0.3, 0.4) is 0 Å². The first-order chi connectivity index (χ1) is 22.0. The molecule has 14 nitrogen and oxygen atoms in total. The number of aliphatic hydroxyl groups excluding tert-OH is 1. The topological polar surface area (TPSA) is 206 Å². The fraction of sp³-hybridized carbons (Fsp3) is 0.394. The van der Waals surface area contributed by atoms with Crippen LogP contribution in [-0.2, 0) is 25.4 Å². The van der Waals surface area contributed by atoms with Crippen LogP contribution in [0.1, 0.15) is 56.1 Å². The highest BCUT2D eigenvalue weighted by atomic mass is 16.7. The van der Waals surface area contributed by atoms with Gasteiger partial charge in [-0.3, -0.25) is 9.59 Å². The number of ether oxygens (including phenoxy) is 5. The first-order valence-electron chi connectivity index (χ1n) is 14.6. The Morgan fingerprint density at radius 3 is 2.40 bits per heavy atom. The number of amides is 2. The summed E-state index contributed by atoms with van der Waals surface area (Å²) in [4.78, 5) is 49.4. The van der Waals surface area contributed by atoms with Crippen molar-refractivity contribution in [2.24, 2.45) is 5.73 Å². The number of aliphatic hydroxyl groups is 1. The molecule has 0 radical (unpaired) electrons. The molecule has 4 rings (SSSR count). The average molecular weight is 655 g/mol. The molecule has 1 saturated heterocycles. The number of anilines is 1. The average Bonchev–Trinajstić information content (AvgIpc) is 2.98. The number of allylic oxidation sites excluding steroid dienone is 2. The Hall–Kier alpha value is -4.92. The summed E-state index contributed by atoms with van der Waals surface area (Å²) in [6.45, 7) is 9.93. The molecule has 1 fully saturated rings. The molecule has 0 spiro atoms. The SMILES string of the molecule is CO[C@@H]1[C@@H](OC(N)=O)[C@@H](O)[C@H](Oc2ccc3c(O)c(NC(=O)c4ccc(OC(C)=O)c(CC=C(C)C)c4)c(=O)oc3c2C)OC1(C)C. The van der Waals surface area contributed by atoms with Crippen LogP contribution in [0.15, 0.2) is 51.2 Å². The standard InChI is InChI=1S/C33H38N2O12/c1-15(2)8-9-18-14-19(10-12-22(18)43-17(4)36)29(39)35-23-24(37)20-11-13-21(16(3)26(20)45-30(23)40)44-31-25(38)27(46-32(34)41)28(42-7)33(5,6)47-31/h8,10-14,25,27-28,31,37-38H,9H2,1-7H3,(H2,34,41)(H,35,39)/t25-,27+,28-,31-/m1/s1. The number of fused-ring (bicyclic) bond motifs is 1. The van der Waals surface area contributed by atoms with E-state index in [2.05, 4.69) is 5.32 Å². The molecule has 2 heterocycles. The van der Waals surface area contributed by atoms with Crippen molar-refractivity contribution in [2.45, 2.75) is 78.2 Å². The van der Waals surface area contributed by atoms with E-state index in [4.69, 9.17) is 33.8 Å². The second kappa shape index (κ2) is 13.8. The number of carbonyl (C=O) groups is 3. The smallest absolute Gasteiger partial charge is 0.404 e. The van der Waals surface area contributed by atoms with Gasteiger partial charge in [0, 0.05) is 25.2 Å². The number of rotatable bonds is 9. The van der Waals surface area contributed by atoms with Crippen molar-refractivity contribution in [1.29, 1.82) is 0 Å². The monoisotopic (exact) mass is 654 g/mol. The molecular formula is C33H38N2O12. The van der Waals surface area contributed by atoms with Crippen molar-refractivity contribution in [1.82, 2.24) is 0 Å². The van der Waals surface area contributed by atoms with E-state index < -0.39 is 65.2 Å². The lowest BCUT2D eigenvalue weighted by atomic mass is 9.89. The van der Waals surface area contributed by atoms with Gasteiger partial charge in [-0.2, -0.15) is 0 Å². The molecule has 1 aliphatic rings. The van der Waals surface area contributed by atoms with E-state index in [1.54, 1.807) is 20.8 Å². The molecule has 0 aliphatic carbocycles. The predicted molar refractivity (Wildman–Crippen MR) is 169 cm³/mol. The normalized spacial score (nSPS) is 20.3. The van der Waals surface area contributed by atoms with Gasteiger partial charge in [-0.25, -0.2) is 9.59 Å². The number of hydrogen-bond donors (Lipinski definition) is 4.